The lowest BCUT2D eigenvalue weighted by Gasteiger charge is -2.15. The molecule has 0 saturated carbocycles. The van der Waals surface area contributed by atoms with Crippen molar-refractivity contribution in [1.82, 2.24) is 9.97 Å². The molecule has 2 unspecified atom stereocenters. The number of H-pyrrole nitrogens is 1. The first-order valence-corrected chi connectivity index (χ1v) is 7.17. The second kappa shape index (κ2) is 4.84. The summed E-state index contributed by atoms with van der Waals surface area (Å²) in [6.45, 7) is 6.11. The first kappa shape index (κ1) is 14.1. The molecule has 0 fully saturated rings. The van der Waals surface area contributed by atoms with Gasteiger partial charge in [0.25, 0.3) is 0 Å². The molecule has 0 saturated heterocycles. The fourth-order valence-electron chi connectivity index (χ4n) is 2.32. The number of rotatable bonds is 1. The van der Waals surface area contributed by atoms with Crippen molar-refractivity contribution < 1.29 is 5.11 Å². The molecular weight excluding hydrogens is 288 g/mol. The van der Waals surface area contributed by atoms with Crippen molar-refractivity contribution in [3.8, 4) is 5.88 Å². The highest BCUT2D eigenvalue weighted by Crippen LogP contribution is 2.32. The standard InChI is InChI=1S/C15H17ClN4O/c1-15(2,3)14-19-11(13(21)20-14)4-8-6-17-12-10(8)5-9(16)7-18-12/h4-7,10,12,21H,1-3H3,(H,19,20). The van der Waals surface area contributed by atoms with Crippen molar-refractivity contribution in [1.29, 1.82) is 0 Å². The lowest BCUT2D eigenvalue weighted by molar-refractivity contribution is 0.449. The maximum Gasteiger partial charge on any atom is 0.237 e. The summed E-state index contributed by atoms with van der Waals surface area (Å²) in [5.41, 5.74) is 1.38. The Hall–Kier alpha value is -1.88. The van der Waals surface area contributed by atoms with Gasteiger partial charge in [0.15, 0.2) is 0 Å². The first-order valence-electron chi connectivity index (χ1n) is 6.79. The molecule has 0 aliphatic carbocycles. The molecule has 21 heavy (non-hydrogen) atoms. The van der Waals surface area contributed by atoms with Gasteiger partial charge in [-0.3, -0.25) is 9.98 Å². The van der Waals surface area contributed by atoms with Crippen LogP contribution in [0.1, 0.15) is 32.3 Å². The summed E-state index contributed by atoms with van der Waals surface area (Å²) in [6, 6.07) is 0. The number of fused-ring (bicyclic) bond motifs is 1. The number of hydrogen-bond acceptors (Lipinski definition) is 4. The SMILES string of the molecule is CC(C)(C)c1nc(O)c(C=C2C=NC3N=CC(Cl)=CC23)[nH]1. The average molecular weight is 305 g/mol. The number of imidazole rings is 1. The molecule has 110 valence electrons. The van der Waals surface area contributed by atoms with E-state index in [1.165, 1.54) is 0 Å². The van der Waals surface area contributed by atoms with E-state index in [1.54, 1.807) is 12.4 Å². The molecular formula is C15H17ClN4O. The molecule has 0 bridgehead atoms. The summed E-state index contributed by atoms with van der Waals surface area (Å²) in [6.07, 6.45) is 7.03. The van der Waals surface area contributed by atoms with Gasteiger partial charge < -0.3 is 10.1 Å². The van der Waals surface area contributed by atoms with Crippen molar-refractivity contribution in [2.75, 3.05) is 0 Å². The second-order valence-electron chi connectivity index (χ2n) is 6.26. The van der Waals surface area contributed by atoms with Crippen LogP contribution < -0.4 is 0 Å². The predicted molar refractivity (Wildman–Crippen MR) is 85.1 cm³/mol. The van der Waals surface area contributed by atoms with Crippen LogP contribution in [0.15, 0.2) is 26.7 Å². The molecule has 0 amide bonds. The molecule has 5 nitrogen and oxygen atoms in total. The third-order valence-corrected chi connectivity index (χ3v) is 3.73. The van der Waals surface area contributed by atoms with Gasteiger partial charge in [-0.25, -0.2) is 0 Å². The van der Waals surface area contributed by atoms with Crippen LogP contribution in [-0.2, 0) is 5.41 Å². The van der Waals surface area contributed by atoms with E-state index in [9.17, 15) is 5.11 Å². The number of nitrogens with zero attached hydrogens (tertiary/aromatic N) is 3. The minimum Gasteiger partial charge on any atom is -0.492 e. The Bertz CT molecular complexity index is 691. The second-order valence-corrected chi connectivity index (χ2v) is 6.70. The molecule has 6 heteroatoms. The molecule has 1 aromatic rings. The van der Waals surface area contributed by atoms with Gasteiger partial charge in [-0.05, 0) is 11.6 Å². The largest absolute Gasteiger partial charge is 0.492 e. The normalized spacial score (nSPS) is 26.3. The lowest BCUT2D eigenvalue weighted by atomic mass is 9.96. The van der Waals surface area contributed by atoms with Crippen LogP contribution in [0.2, 0.25) is 0 Å². The van der Waals surface area contributed by atoms with Gasteiger partial charge in [0.1, 0.15) is 17.7 Å². The topological polar surface area (TPSA) is 73.6 Å². The van der Waals surface area contributed by atoms with Crippen molar-refractivity contribution in [3.05, 3.63) is 28.2 Å². The lowest BCUT2D eigenvalue weighted by Crippen LogP contribution is -2.15. The van der Waals surface area contributed by atoms with E-state index in [0.717, 1.165) is 11.4 Å². The molecule has 2 aliphatic rings. The van der Waals surface area contributed by atoms with Crippen LogP contribution in [0.4, 0.5) is 0 Å². The number of nitrogens with one attached hydrogen (secondary N) is 1. The monoisotopic (exact) mass is 304 g/mol. The third-order valence-electron chi connectivity index (χ3n) is 3.50. The quantitative estimate of drug-likeness (QED) is 0.837. The van der Waals surface area contributed by atoms with E-state index in [1.807, 2.05) is 32.9 Å². The fraction of sp³-hybridized carbons (Fsp3) is 0.400. The molecule has 3 heterocycles. The van der Waals surface area contributed by atoms with E-state index < -0.39 is 0 Å². The minimum atomic E-state index is -0.154. The molecule has 2 atom stereocenters. The van der Waals surface area contributed by atoms with Crippen LogP contribution in [-0.4, -0.2) is 33.7 Å². The number of dihydropyridines is 1. The van der Waals surface area contributed by atoms with Crippen molar-refractivity contribution >= 4 is 30.1 Å². The zero-order valence-corrected chi connectivity index (χ0v) is 12.9. The smallest absolute Gasteiger partial charge is 0.237 e. The average Bonchev–Trinajstić information content (AvgIpc) is 2.95. The molecule has 2 N–H and O–H groups in total. The Morgan fingerprint density at radius 1 is 1.29 bits per heavy atom. The predicted octanol–water partition coefficient (Wildman–Crippen LogP) is 3.03. The highest BCUT2D eigenvalue weighted by atomic mass is 35.5. The molecule has 3 rings (SSSR count). The van der Waals surface area contributed by atoms with Gasteiger partial charge >= 0.3 is 0 Å². The first-order chi connectivity index (χ1) is 9.84. The summed E-state index contributed by atoms with van der Waals surface area (Å²) in [4.78, 5) is 16.0. The van der Waals surface area contributed by atoms with Crippen LogP contribution in [0.25, 0.3) is 6.08 Å². The Morgan fingerprint density at radius 3 is 2.67 bits per heavy atom. The number of aromatic amines is 1. The van der Waals surface area contributed by atoms with Gasteiger partial charge in [-0.1, -0.05) is 38.4 Å². The number of halogens is 1. The van der Waals surface area contributed by atoms with E-state index in [2.05, 4.69) is 20.0 Å². The summed E-state index contributed by atoms with van der Waals surface area (Å²) in [5, 5.41) is 10.6. The maximum atomic E-state index is 10.0. The Morgan fingerprint density at radius 2 is 2.00 bits per heavy atom. The number of aromatic nitrogens is 2. The Kier molecular flexibility index (Phi) is 3.24. The van der Waals surface area contributed by atoms with E-state index in [4.69, 9.17) is 11.6 Å². The van der Waals surface area contributed by atoms with Crippen molar-refractivity contribution in [2.45, 2.75) is 32.4 Å². The number of aromatic hydroxyl groups is 1. The van der Waals surface area contributed by atoms with Crippen molar-refractivity contribution in [2.24, 2.45) is 15.9 Å². The van der Waals surface area contributed by atoms with Gasteiger partial charge in [-0.2, -0.15) is 4.98 Å². The van der Waals surface area contributed by atoms with Gasteiger partial charge in [0, 0.05) is 23.8 Å². The van der Waals surface area contributed by atoms with Crippen LogP contribution in [0.3, 0.4) is 0 Å². The van der Waals surface area contributed by atoms with Crippen LogP contribution >= 0.6 is 11.6 Å². The Balaban J connectivity index is 1.95. The van der Waals surface area contributed by atoms with Gasteiger partial charge in [-0.15, -0.1) is 0 Å². The molecule has 0 aromatic carbocycles. The fourth-order valence-corrected chi connectivity index (χ4v) is 2.51. The zero-order valence-electron chi connectivity index (χ0n) is 12.1. The molecule has 2 aliphatic heterocycles. The number of aliphatic imine (C=N–C) groups is 2. The van der Waals surface area contributed by atoms with Crippen LogP contribution in [0, 0.1) is 5.92 Å². The van der Waals surface area contributed by atoms with E-state index in [0.29, 0.717) is 10.7 Å². The highest BCUT2D eigenvalue weighted by molar-refractivity contribution is 6.39. The summed E-state index contributed by atoms with van der Waals surface area (Å²) < 4.78 is 0. The van der Waals surface area contributed by atoms with Gasteiger partial charge in [0.05, 0.1) is 5.03 Å². The molecule has 0 radical (unpaired) electrons. The van der Waals surface area contributed by atoms with Crippen LogP contribution in [0.5, 0.6) is 5.88 Å². The summed E-state index contributed by atoms with van der Waals surface area (Å²) >= 11 is 6.01. The maximum absolute atomic E-state index is 10.0. The Labute approximate surface area is 128 Å². The van der Waals surface area contributed by atoms with Gasteiger partial charge in [0.2, 0.25) is 5.88 Å². The van der Waals surface area contributed by atoms with E-state index >= 15 is 0 Å². The molecule has 0 spiro atoms. The van der Waals surface area contributed by atoms with Crippen molar-refractivity contribution in [3.63, 3.8) is 0 Å². The van der Waals surface area contributed by atoms with E-state index in [-0.39, 0.29) is 23.4 Å². The third kappa shape index (κ3) is 2.65. The summed E-state index contributed by atoms with van der Waals surface area (Å²) in [7, 11) is 0. The molecule has 1 aromatic heterocycles. The summed E-state index contributed by atoms with van der Waals surface area (Å²) in [5.74, 6) is 0.760. The minimum absolute atomic E-state index is 0.00124. The number of hydrogen-bond donors (Lipinski definition) is 2. The highest BCUT2D eigenvalue weighted by Gasteiger charge is 2.29. The number of allylic oxidation sites excluding steroid dienone is 1. The zero-order chi connectivity index (χ0) is 15.2.